The van der Waals surface area contributed by atoms with Crippen molar-refractivity contribution in [2.45, 2.75) is 12.8 Å². The number of hydrogen-bond acceptors (Lipinski definition) is 4. The number of hydrogen-bond donors (Lipinski definition) is 0. The minimum absolute atomic E-state index is 0.214. The zero-order valence-electron chi connectivity index (χ0n) is 8.44. The minimum atomic E-state index is -4.17. The van der Waals surface area contributed by atoms with Crippen LogP contribution >= 0.6 is 0 Å². The highest BCUT2D eigenvalue weighted by Gasteiger charge is 2.49. The Bertz CT molecular complexity index is 392. The fourth-order valence-electron chi connectivity index (χ4n) is 0.993. The number of nitrogens with zero attached hydrogens (tertiary/aromatic N) is 1. The maximum atomic E-state index is 13.2. The SMILES string of the molecule is CCOC(=O)C(F)(F)C(=O)c1cccnc1. The molecule has 0 saturated carbocycles. The van der Waals surface area contributed by atoms with Crippen molar-refractivity contribution in [3.05, 3.63) is 30.1 Å². The van der Waals surface area contributed by atoms with E-state index in [1.165, 1.54) is 19.2 Å². The van der Waals surface area contributed by atoms with Gasteiger partial charge in [-0.25, -0.2) is 4.79 Å². The molecule has 1 heterocycles. The average Bonchev–Trinajstić information content (AvgIpc) is 2.29. The third-order valence-corrected chi connectivity index (χ3v) is 1.74. The first-order chi connectivity index (χ1) is 7.50. The Morgan fingerprint density at radius 3 is 2.69 bits per heavy atom. The van der Waals surface area contributed by atoms with Crippen LogP contribution in [0.4, 0.5) is 8.78 Å². The number of pyridine rings is 1. The van der Waals surface area contributed by atoms with Gasteiger partial charge in [-0.2, -0.15) is 8.78 Å². The first-order valence-corrected chi connectivity index (χ1v) is 4.50. The molecule has 1 aromatic heterocycles. The van der Waals surface area contributed by atoms with E-state index in [1.807, 2.05) is 0 Å². The fraction of sp³-hybridized carbons (Fsp3) is 0.300. The van der Waals surface area contributed by atoms with Gasteiger partial charge in [-0.05, 0) is 19.1 Å². The number of alkyl halides is 2. The molecule has 0 saturated heterocycles. The molecule has 0 bridgehead atoms. The number of ketones is 1. The van der Waals surface area contributed by atoms with Crippen molar-refractivity contribution in [3.8, 4) is 0 Å². The summed E-state index contributed by atoms with van der Waals surface area (Å²) in [6, 6.07) is 2.48. The lowest BCUT2D eigenvalue weighted by atomic mass is 10.1. The van der Waals surface area contributed by atoms with Crippen molar-refractivity contribution in [2.24, 2.45) is 0 Å². The Morgan fingerprint density at radius 2 is 2.19 bits per heavy atom. The molecule has 4 nitrogen and oxygen atoms in total. The van der Waals surface area contributed by atoms with Gasteiger partial charge in [0, 0.05) is 18.0 Å². The highest BCUT2D eigenvalue weighted by Crippen LogP contribution is 2.21. The molecule has 0 aliphatic rings. The van der Waals surface area contributed by atoms with Gasteiger partial charge in [0.15, 0.2) is 0 Å². The summed E-state index contributed by atoms with van der Waals surface area (Å²) in [7, 11) is 0. The number of rotatable bonds is 4. The van der Waals surface area contributed by atoms with Crippen LogP contribution in [0, 0.1) is 0 Å². The summed E-state index contributed by atoms with van der Waals surface area (Å²) in [4.78, 5) is 25.7. The van der Waals surface area contributed by atoms with Crippen molar-refractivity contribution < 1.29 is 23.1 Å². The lowest BCUT2D eigenvalue weighted by Gasteiger charge is -2.12. The van der Waals surface area contributed by atoms with E-state index in [2.05, 4.69) is 9.72 Å². The molecule has 86 valence electrons. The minimum Gasteiger partial charge on any atom is -0.461 e. The van der Waals surface area contributed by atoms with Crippen molar-refractivity contribution in [1.82, 2.24) is 4.98 Å². The number of aromatic nitrogens is 1. The van der Waals surface area contributed by atoms with Crippen LogP contribution < -0.4 is 0 Å². The molecule has 0 N–H and O–H groups in total. The van der Waals surface area contributed by atoms with E-state index in [0.29, 0.717) is 0 Å². The molecule has 0 aliphatic heterocycles. The Balaban J connectivity index is 2.92. The van der Waals surface area contributed by atoms with E-state index in [-0.39, 0.29) is 12.2 Å². The molecular formula is C10H9F2NO3. The maximum absolute atomic E-state index is 13.2. The molecule has 0 fully saturated rings. The molecule has 0 aliphatic carbocycles. The highest BCUT2D eigenvalue weighted by molar-refractivity contribution is 6.13. The van der Waals surface area contributed by atoms with Crippen LogP contribution in [0.15, 0.2) is 24.5 Å². The monoisotopic (exact) mass is 229 g/mol. The van der Waals surface area contributed by atoms with Crippen LogP contribution in [0.1, 0.15) is 17.3 Å². The number of carbonyl (C=O) groups is 2. The number of esters is 1. The third-order valence-electron chi connectivity index (χ3n) is 1.74. The molecule has 0 radical (unpaired) electrons. The van der Waals surface area contributed by atoms with Gasteiger partial charge in [-0.3, -0.25) is 9.78 Å². The normalized spacial score (nSPS) is 10.9. The van der Waals surface area contributed by atoms with E-state index < -0.39 is 17.7 Å². The van der Waals surface area contributed by atoms with Gasteiger partial charge >= 0.3 is 11.9 Å². The molecule has 6 heteroatoms. The topological polar surface area (TPSA) is 56.3 Å². The maximum Gasteiger partial charge on any atom is 0.404 e. The molecule has 1 rings (SSSR count). The number of carbonyl (C=O) groups excluding carboxylic acids is 2. The predicted molar refractivity (Wildman–Crippen MR) is 50.1 cm³/mol. The van der Waals surface area contributed by atoms with Crippen molar-refractivity contribution in [2.75, 3.05) is 6.61 Å². The Hall–Kier alpha value is -1.85. The molecule has 16 heavy (non-hydrogen) atoms. The smallest absolute Gasteiger partial charge is 0.404 e. The van der Waals surface area contributed by atoms with E-state index >= 15 is 0 Å². The van der Waals surface area contributed by atoms with Gasteiger partial charge in [0.05, 0.1) is 6.61 Å². The van der Waals surface area contributed by atoms with Crippen LogP contribution in [0.5, 0.6) is 0 Å². The van der Waals surface area contributed by atoms with E-state index in [0.717, 1.165) is 12.3 Å². The zero-order chi connectivity index (χ0) is 12.2. The quantitative estimate of drug-likeness (QED) is 0.445. The van der Waals surface area contributed by atoms with Crippen LogP contribution in [-0.4, -0.2) is 29.3 Å². The second kappa shape index (κ2) is 4.78. The van der Waals surface area contributed by atoms with Gasteiger partial charge in [0.2, 0.25) is 5.78 Å². The average molecular weight is 229 g/mol. The fourth-order valence-corrected chi connectivity index (χ4v) is 0.993. The number of ether oxygens (including phenoxy) is 1. The summed E-state index contributed by atoms with van der Waals surface area (Å²) < 4.78 is 30.6. The molecule has 0 unspecified atom stereocenters. The van der Waals surface area contributed by atoms with Crippen LogP contribution in [0.3, 0.4) is 0 Å². The van der Waals surface area contributed by atoms with Gasteiger partial charge in [0.1, 0.15) is 0 Å². The Morgan fingerprint density at radius 1 is 1.50 bits per heavy atom. The highest BCUT2D eigenvalue weighted by atomic mass is 19.3. The number of halogens is 2. The molecular weight excluding hydrogens is 220 g/mol. The van der Waals surface area contributed by atoms with E-state index in [9.17, 15) is 18.4 Å². The van der Waals surface area contributed by atoms with Crippen molar-refractivity contribution in [1.29, 1.82) is 0 Å². The van der Waals surface area contributed by atoms with Crippen LogP contribution in [0.25, 0.3) is 0 Å². The van der Waals surface area contributed by atoms with Crippen LogP contribution in [-0.2, 0) is 9.53 Å². The summed E-state index contributed by atoms with van der Waals surface area (Å²) in [6.07, 6.45) is 2.30. The molecule has 0 atom stereocenters. The lowest BCUT2D eigenvalue weighted by molar-refractivity contribution is -0.164. The first-order valence-electron chi connectivity index (χ1n) is 4.50. The third kappa shape index (κ3) is 2.39. The Kier molecular flexibility index (Phi) is 3.65. The predicted octanol–water partition coefficient (Wildman–Crippen LogP) is 1.46. The standard InChI is InChI=1S/C10H9F2NO3/c1-2-16-9(15)10(11,12)8(14)7-4-3-5-13-6-7/h3-6H,2H2,1H3. The van der Waals surface area contributed by atoms with Gasteiger partial charge in [-0.1, -0.05) is 0 Å². The van der Waals surface area contributed by atoms with Gasteiger partial charge in [0.25, 0.3) is 0 Å². The number of Topliss-reactive ketones (excluding diaryl/α,β-unsaturated/α-hetero) is 1. The van der Waals surface area contributed by atoms with Gasteiger partial charge < -0.3 is 4.74 Å². The lowest BCUT2D eigenvalue weighted by Crippen LogP contribution is -2.39. The van der Waals surface area contributed by atoms with E-state index in [1.54, 1.807) is 0 Å². The molecule has 0 aromatic carbocycles. The van der Waals surface area contributed by atoms with E-state index in [4.69, 9.17) is 0 Å². The van der Waals surface area contributed by atoms with Crippen LogP contribution in [0.2, 0.25) is 0 Å². The molecule has 0 spiro atoms. The second-order valence-electron chi connectivity index (χ2n) is 2.87. The summed E-state index contributed by atoms with van der Waals surface area (Å²) in [5, 5.41) is 0. The molecule has 1 aromatic rings. The van der Waals surface area contributed by atoms with Gasteiger partial charge in [-0.15, -0.1) is 0 Å². The largest absolute Gasteiger partial charge is 0.461 e. The second-order valence-corrected chi connectivity index (χ2v) is 2.87. The first kappa shape index (κ1) is 12.2. The summed E-state index contributed by atoms with van der Waals surface area (Å²) >= 11 is 0. The summed E-state index contributed by atoms with van der Waals surface area (Å²) in [6.45, 7) is 1.16. The van der Waals surface area contributed by atoms with Crippen molar-refractivity contribution >= 4 is 11.8 Å². The molecule has 0 amide bonds. The zero-order valence-corrected chi connectivity index (χ0v) is 8.44. The van der Waals surface area contributed by atoms with Crippen molar-refractivity contribution in [3.63, 3.8) is 0 Å². The summed E-state index contributed by atoms with van der Waals surface area (Å²) in [5.41, 5.74) is -0.333. The summed E-state index contributed by atoms with van der Waals surface area (Å²) in [5.74, 6) is -7.62. The Labute approximate surface area is 90.2 Å².